The Bertz CT molecular complexity index is 1050. The monoisotopic (exact) mass is 389 g/mol. The van der Waals surface area contributed by atoms with Crippen molar-refractivity contribution >= 4 is 16.7 Å². The fourth-order valence-corrected chi connectivity index (χ4v) is 4.20. The highest BCUT2D eigenvalue weighted by Gasteiger charge is 2.26. The topological polar surface area (TPSA) is 55.2 Å². The molecule has 2 aromatic carbocycles. The molecule has 2 heterocycles. The predicted octanol–water partition coefficient (Wildman–Crippen LogP) is 3.90. The van der Waals surface area contributed by atoms with Crippen LogP contribution in [0.15, 0.2) is 59.4 Å². The van der Waals surface area contributed by atoms with Crippen molar-refractivity contribution in [2.75, 3.05) is 13.1 Å². The maximum atomic E-state index is 13.2. The van der Waals surface area contributed by atoms with E-state index in [0.717, 1.165) is 38.8 Å². The molecule has 0 spiro atoms. The largest absolute Gasteiger partial charge is 0.337 e. The van der Waals surface area contributed by atoms with Crippen molar-refractivity contribution in [2.45, 2.75) is 39.2 Å². The van der Waals surface area contributed by atoms with E-state index in [0.29, 0.717) is 28.9 Å². The average Bonchev–Trinajstić information content (AvgIpc) is 2.79. The van der Waals surface area contributed by atoms with Gasteiger partial charge in [0.1, 0.15) is 0 Å². The van der Waals surface area contributed by atoms with Crippen LogP contribution in [-0.2, 0) is 13.0 Å². The summed E-state index contributed by atoms with van der Waals surface area (Å²) < 4.78 is 1.39. The highest BCUT2D eigenvalue weighted by atomic mass is 16.2. The molecule has 0 atom stereocenters. The van der Waals surface area contributed by atoms with E-state index in [1.165, 1.54) is 10.2 Å². The molecule has 0 N–H and O–H groups in total. The first-order valence-electron chi connectivity index (χ1n) is 10.5. The van der Waals surface area contributed by atoms with Gasteiger partial charge in [-0.05, 0) is 50.2 Å². The summed E-state index contributed by atoms with van der Waals surface area (Å²) in [4.78, 5) is 27.6. The Morgan fingerprint density at radius 2 is 1.66 bits per heavy atom. The molecular formula is C24H27N3O2. The van der Waals surface area contributed by atoms with Crippen LogP contribution in [0.3, 0.4) is 0 Å². The lowest BCUT2D eigenvalue weighted by Gasteiger charge is -2.32. The highest BCUT2D eigenvalue weighted by molar-refractivity contribution is 6.04. The van der Waals surface area contributed by atoms with Gasteiger partial charge >= 0.3 is 0 Å². The van der Waals surface area contributed by atoms with E-state index in [4.69, 9.17) is 0 Å². The number of carbonyl (C=O) groups is 1. The van der Waals surface area contributed by atoms with Crippen molar-refractivity contribution in [3.8, 4) is 0 Å². The van der Waals surface area contributed by atoms with E-state index >= 15 is 0 Å². The van der Waals surface area contributed by atoms with E-state index in [1.54, 1.807) is 6.07 Å². The highest BCUT2D eigenvalue weighted by Crippen LogP contribution is 2.24. The molecule has 0 radical (unpaired) electrons. The van der Waals surface area contributed by atoms with Gasteiger partial charge in [0.15, 0.2) is 5.69 Å². The van der Waals surface area contributed by atoms with Crippen LogP contribution >= 0.6 is 0 Å². The molecule has 1 aromatic heterocycles. The Morgan fingerprint density at radius 3 is 2.34 bits per heavy atom. The molecule has 1 aliphatic rings. The number of rotatable bonds is 5. The van der Waals surface area contributed by atoms with Crippen molar-refractivity contribution in [3.63, 3.8) is 0 Å². The number of hydrogen-bond acceptors (Lipinski definition) is 3. The number of nitrogens with zero attached hydrogens (tertiary/aromatic N) is 3. The molecule has 1 amide bonds. The van der Waals surface area contributed by atoms with Crippen molar-refractivity contribution in [1.29, 1.82) is 0 Å². The quantitative estimate of drug-likeness (QED) is 0.665. The van der Waals surface area contributed by atoms with Crippen molar-refractivity contribution in [3.05, 3.63) is 76.2 Å². The first-order chi connectivity index (χ1) is 14.2. The molecule has 5 heteroatoms. The summed E-state index contributed by atoms with van der Waals surface area (Å²) in [7, 11) is 0. The summed E-state index contributed by atoms with van der Waals surface area (Å²) in [6, 6.07) is 17.9. The van der Waals surface area contributed by atoms with Gasteiger partial charge in [-0.15, -0.1) is 0 Å². The maximum absolute atomic E-state index is 13.2. The number of fused-ring (bicyclic) bond motifs is 1. The van der Waals surface area contributed by atoms with Gasteiger partial charge < -0.3 is 4.90 Å². The third-order valence-corrected chi connectivity index (χ3v) is 5.96. The molecule has 0 aliphatic carbocycles. The van der Waals surface area contributed by atoms with Crippen molar-refractivity contribution < 1.29 is 4.79 Å². The third kappa shape index (κ3) is 4.09. The number of piperidine rings is 1. The van der Waals surface area contributed by atoms with Gasteiger partial charge in [-0.25, -0.2) is 4.68 Å². The molecule has 1 aliphatic heterocycles. The van der Waals surface area contributed by atoms with E-state index in [2.05, 4.69) is 29.4 Å². The van der Waals surface area contributed by atoms with Crippen LogP contribution in [0.5, 0.6) is 0 Å². The number of carbonyl (C=O) groups excluding carboxylic acids is 1. The minimum atomic E-state index is -0.140. The maximum Gasteiger partial charge on any atom is 0.274 e. The lowest BCUT2D eigenvalue weighted by atomic mass is 9.90. The summed E-state index contributed by atoms with van der Waals surface area (Å²) in [6.07, 6.45) is 4.29. The summed E-state index contributed by atoms with van der Waals surface area (Å²) >= 11 is 0. The number of likely N-dealkylation sites (tertiary alicyclic amines) is 1. The lowest BCUT2D eigenvalue weighted by Crippen LogP contribution is -2.40. The second-order valence-electron chi connectivity index (χ2n) is 7.77. The number of hydrogen-bond donors (Lipinski definition) is 0. The zero-order valence-corrected chi connectivity index (χ0v) is 16.9. The van der Waals surface area contributed by atoms with Gasteiger partial charge in [0, 0.05) is 25.0 Å². The third-order valence-electron chi connectivity index (χ3n) is 5.96. The van der Waals surface area contributed by atoms with Crippen LogP contribution in [0, 0.1) is 5.92 Å². The standard InChI is InChI=1S/C24H27N3O2/c1-2-27-23(28)21-11-7-6-10-20(21)22(25-27)24(29)26-16-14-19(15-17-26)13-12-18-8-4-3-5-9-18/h3-11,19H,2,12-17H2,1H3. The molecule has 0 unspecified atom stereocenters. The molecule has 29 heavy (non-hydrogen) atoms. The van der Waals surface area contributed by atoms with Crippen LogP contribution < -0.4 is 5.56 Å². The Balaban J connectivity index is 1.46. The Hall–Kier alpha value is -2.95. The Morgan fingerprint density at radius 1 is 1.00 bits per heavy atom. The first kappa shape index (κ1) is 19.4. The fourth-order valence-electron chi connectivity index (χ4n) is 4.20. The number of aryl methyl sites for hydroxylation is 2. The minimum absolute atomic E-state index is 0.0649. The van der Waals surface area contributed by atoms with Gasteiger partial charge in [-0.3, -0.25) is 9.59 Å². The van der Waals surface area contributed by atoms with E-state index in [1.807, 2.05) is 36.1 Å². The molecule has 0 bridgehead atoms. The van der Waals surface area contributed by atoms with Crippen LogP contribution in [0.4, 0.5) is 0 Å². The molecule has 150 valence electrons. The number of amides is 1. The lowest BCUT2D eigenvalue weighted by molar-refractivity contribution is 0.0680. The Kier molecular flexibility index (Phi) is 5.74. The molecule has 0 saturated carbocycles. The Labute approximate surface area is 171 Å². The number of benzene rings is 2. The van der Waals surface area contributed by atoms with E-state index in [-0.39, 0.29) is 11.5 Å². The van der Waals surface area contributed by atoms with Gasteiger partial charge in [-0.1, -0.05) is 48.5 Å². The van der Waals surface area contributed by atoms with Gasteiger partial charge in [-0.2, -0.15) is 5.10 Å². The predicted molar refractivity (Wildman–Crippen MR) is 115 cm³/mol. The van der Waals surface area contributed by atoms with Crippen LogP contribution in [0.1, 0.15) is 42.2 Å². The fraction of sp³-hybridized carbons (Fsp3) is 0.375. The summed E-state index contributed by atoms with van der Waals surface area (Å²) in [6.45, 7) is 3.82. The molecular weight excluding hydrogens is 362 g/mol. The van der Waals surface area contributed by atoms with Gasteiger partial charge in [0.2, 0.25) is 0 Å². The smallest absolute Gasteiger partial charge is 0.274 e. The zero-order chi connectivity index (χ0) is 20.2. The normalized spacial score (nSPS) is 15.0. The summed E-state index contributed by atoms with van der Waals surface area (Å²) in [5.74, 6) is 0.582. The molecule has 4 rings (SSSR count). The first-order valence-corrected chi connectivity index (χ1v) is 10.5. The zero-order valence-electron chi connectivity index (χ0n) is 16.9. The van der Waals surface area contributed by atoms with Crippen LogP contribution in [0.25, 0.3) is 10.8 Å². The van der Waals surface area contributed by atoms with Gasteiger partial charge in [0.25, 0.3) is 11.5 Å². The summed E-state index contributed by atoms with van der Waals surface area (Å²) in [5.41, 5.74) is 1.63. The van der Waals surface area contributed by atoms with Crippen LogP contribution in [0.2, 0.25) is 0 Å². The van der Waals surface area contributed by atoms with Crippen LogP contribution in [-0.4, -0.2) is 33.7 Å². The van der Waals surface area contributed by atoms with Crippen molar-refractivity contribution in [1.82, 2.24) is 14.7 Å². The molecule has 5 nitrogen and oxygen atoms in total. The summed E-state index contributed by atoms with van der Waals surface area (Å²) in [5, 5.41) is 5.61. The average molecular weight is 389 g/mol. The molecule has 1 saturated heterocycles. The van der Waals surface area contributed by atoms with Crippen molar-refractivity contribution in [2.24, 2.45) is 5.92 Å². The second-order valence-corrected chi connectivity index (χ2v) is 7.77. The second kappa shape index (κ2) is 8.60. The minimum Gasteiger partial charge on any atom is -0.337 e. The molecule has 1 fully saturated rings. The number of aromatic nitrogens is 2. The molecule has 3 aromatic rings. The van der Waals surface area contributed by atoms with E-state index < -0.39 is 0 Å². The van der Waals surface area contributed by atoms with E-state index in [9.17, 15) is 9.59 Å². The van der Waals surface area contributed by atoms with Gasteiger partial charge in [0.05, 0.1) is 5.39 Å². The SMILES string of the molecule is CCn1nc(C(=O)N2CCC(CCc3ccccc3)CC2)c2ccccc2c1=O.